The first-order valence-corrected chi connectivity index (χ1v) is 7.02. The van der Waals surface area contributed by atoms with E-state index in [4.69, 9.17) is 10.5 Å². The van der Waals surface area contributed by atoms with Gasteiger partial charge in [0.25, 0.3) is 0 Å². The molecular formula is C11H19N3O3S. The number of nitrogens with two attached hydrogens (primary N) is 1. The third kappa shape index (κ3) is 4.17. The summed E-state index contributed by atoms with van der Waals surface area (Å²) in [6, 6.07) is 6.68. The van der Waals surface area contributed by atoms with Crippen LogP contribution in [0.2, 0.25) is 0 Å². The molecule has 0 atom stereocenters. The number of methoxy groups -OCH3 is 1. The van der Waals surface area contributed by atoms with Crippen molar-refractivity contribution in [2.75, 3.05) is 32.0 Å². The van der Waals surface area contributed by atoms with Gasteiger partial charge in [0, 0.05) is 13.6 Å². The third-order valence-electron chi connectivity index (χ3n) is 2.42. The first kappa shape index (κ1) is 14.7. The highest BCUT2D eigenvalue weighted by Crippen LogP contribution is 2.16. The van der Waals surface area contributed by atoms with E-state index < -0.39 is 10.2 Å². The molecule has 0 aliphatic heterocycles. The van der Waals surface area contributed by atoms with Crippen LogP contribution in [-0.4, -0.2) is 40.0 Å². The lowest BCUT2D eigenvalue weighted by Crippen LogP contribution is -2.34. The second-order valence-electron chi connectivity index (χ2n) is 3.80. The summed E-state index contributed by atoms with van der Waals surface area (Å²) in [5.41, 5.74) is 5.84. The number of hydrogen-bond donors (Lipinski definition) is 2. The number of nitrogens with zero attached hydrogens (tertiary/aromatic N) is 1. The molecule has 0 unspecified atom stereocenters. The fraction of sp³-hybridized carbons (Fsp3) is 0.455. The zero-order valence-electron chi connectivity index (χ0n) is 10.6. The van der Waals surface area contributed by atoms with Crippen LogP contribution in [0.3, 0.4) is 0 Å². The molecule has 0 aromatic heterocycles. The van der Waals surface area contributed by atoms with Crippen LogP contribution < -0.4 is 15.2 Å². The molecule has 102 valence electrons. The average molecular weight is 273 g/mol. The van der Waals surface area contributed by atoms with Gasteiger partial charge in [-0.1, -0.05) is 0 Å². The number of anilines is 1. The van der Waals surface area contributed by atoms with Gasteiger partial charge in [-0.3, -0.25) is 4.72 Å². The van der Waals surface area contributed by atoms with E-state index in [1.807, 2.05) is 0 Å². The summed E-state index contributed by atoms with van der Waals surface area (Å²) < 4.78 is 32.5. The standard InChI is InChI=1S/C11H19N3O3S/c1-14(9-3-8-12)18(15,16)13-10-4-6-11(17-2)7-5-10/h4-7,13H,3,8-9,12H2,1-2H3. The van der Waals surface area contributed by atoms with Crippen molar-refractivity contribution < 1.29 is 13.2 Å². The number of nitrogens with one attached hydrogen (secondary N) is 1. The molecule has 1 rings (SSSR count). The van der Waals surface area contributed by atoms with Crippen molar-refractivity contribution in [2.45, 2.75) is 6.42 Å². The van der Waals surface area contributed by atoms with Gasteiger partial charge in [-0.15, -0.1) is 0 Å². The molecule has 6 nitrogen and oxygen atoms in total. The normalized spacial score (nSPS) is 11.6. The van der Waals surface area contributed by atoms with Crippen molar-refractivity contribution in [1.82, 2.24) is 4.31 Å². The predicted octanol–water partition coefficient (Wildman–Crippen LogP) is 0.633. The van der Waals surface area contributed by atoms with E-state index in [0.717, 1.165) is 0 Å². The van der Waals surface area contributed by atoms with Crippen LogP contribution >= 0.6 is 0 Å². The monoisotopic (exact) mass is 273 g/mol. The maximum Gasteiger partial charge on any atom is 0.301 e. The van der Waals surface area contributed by atoms with Crippen molar-refractivity contribution in [3.63, 3.8) is 0 Å². The van der Waals surface area contributed by atoms with E-state index in [0.29, 0.717) is 30.9 Å². The summed E-state index contributed by atoms with van der Waals surface area (Å²) in [6.45, 7) is 0.852. The van der Waals surface area contributed by atoms with Crippen molar-refractivity contribution in [3.05, 3.63) is 24.3 Å². The summed E-state index contributed by atoms with van der Waals surface area (Å²) >= 11 is 0. The predicted molar refractivity (Wildman–Crippen MR) is 71.8 cm³/mol. The van der Waals surface area contributed by atoms with E-state index in [1.165, 1.54) is 11.4 Å². The smallest absolute Gasteiger partial charge is 0.301 e. The fourth-order valence-corrected chi connectivity index (χ4v) is 2.28. The van der Waals surface area contributed by atoms with Gasteiger partial charge in [-0.05, 0) is 37.2 Å². The van der Waals surface area contributed by atoms with Gasteiger partial charge in [0.15, 0.2) is 0 Å². The summed E-state index contributed by atoms with van der Waals surface area (Å²) in [5.74, 6) is 0.675. The molecule has 0 bridgehead atoms. The molecule has 0 amide bonds. The minimum Gasteiger partial charge on any atom is -0.497 e. The van der Waals surface area contributed by atoms with Crippen molar-refractivity contribution in [2.24, 2.45) is 5.73 Å². The van der Waals surface area contributed by atoms with Gasteiger partial charge >= 0.3 is 10.2 Å². The number of hydrogen-bond acceptors (Lipinski definition) is 4. The fourth-order valence-electron chi connectivity index (χ4n) is 1.32. The number of rotatable bonds is 7. The maximum atomic E-state index is 11.9. The Balaban J connectivity index is 2.69. The van der Waals surface area contributed by atoms with Crippen LogP contribution in [0.15, 0.2) is 24.3 Å². The molecule has 18 heavy (non-hydrogen) atoms. The van der Waals surface area contributed by atoms with Crippen molar-refractivity contribution in [1.29, 1.82) is 0 Å². The second-order valence-corrected chi connectivity index (χ2v) is 5.58. The minimum absolute atomic E-state index is 0.391. The third-order valence-corrected chi connectivity index (χ3v) is 3.92. The molecule has 0 heterocycles. The van der Waals surface area contributed by atoms with E-state index in [9.17, 15) is 8.42 Å². The zero-order valence-corrected chi connectivity index (χ0v) is 11.4. The van der Waals surface area contributed by atoms with E-state index in [1.54, 1.807) is 31.4 Å². The zero-order chi connectivity index (χ0) is 13.6. The van der Waals surface area contributed by atoms with Crippen LogP contribution in [0.4, 0.5) is 5.69 Å². The highest BCUT2D eigenvalue weighted by Gasteiger charge is 2.16. The molecule has 0 spiro atoms. The molecule has 3 N–H and O–H groups in total. The van der Waals surface area contributed by atoms with E-state index in [2.05, 4.69) is 4.72 Å². The van der Waals surface area contributed by atoms with Crippen LogP contribution in [0.1, 0.15) is 6.42 Å². The van der Waals surface area contributed by atoms with Gasteiger partial charge in [0.1, 0.15) is 5.75 Å². The minimum atomic E-state index is -3.52. The molecule has 1 aromatic rings. The van der Waals surface area contributed by atoms with Crippen LogP contribution in [0, 0.1) is 0 Å². The average Bonchev–Trinajstić information content (AvgIpc) is 2.36. The maximum absolute atomic E-state index is 11.9. The highest BCUT2D eigenvalue weighted by molar-refractivity contribution is 7.90. The number of benzene rings is 1. The molecule has 0 radical (unpaired) electrons. The van der Waals surface area contributed by atoms with Gasteiger partial charge < -0.3 is 10.5 Å². The Morgan fingerprint density at radius 1 is 1.33 bits per heavy atom. The Bertz CT molecular complexity index is 459. The van der Waals surface area contributed by atoms with Crippen LogP contribution in [0.5, 0.6) is 5.75 Å². The Morgan fingerprint density at radius 2 is 1.94 bits per heavy atom. The largest absolute Gasteiger partial charge is 0.497 e. The number of ether oxygens (including phenoxy) is 1. The van der Waals surface area contributed by atoms with E-state index in [-0.39, 0.29) is 0 Å². The summed E-state index contributed by atoms with van der Waals surface area (Å²) in [4.78, 5) is 0. The first-order chi connectivity index (χ1) is 8.49. The Kier molecular flexibility index (Phi) is 5.39. The van der Waals surface area contributed by atoms with Crippen molar-refractivity contribution >= 4 is 15.9 Å². The quantitative estimate of drug-likeness (QED) is 0.763. The Morgan fingerprint density at radius 3 is 2.44 bits per heavy atom. The molecular weight excluding hydrogens is 254 g/mol. The van der Waals surface area contributed by atoms with Gasteiger partial charge in [0.2, 0.25) is 0 Å². The highest BCUT2D eigenvalue weighted by atomic mass is 32.2. The molecule has 0 fully saturated rings. The molecule has 0 aliphatic carbocycles. The lowest BCUT2D eigenvalue weighted by Gasteiger charge is -2.18. The second kappa shape index (κ2) is 6.58. The Hall–Kier alpha value is -1.31. The lowest BCUT2D eigenvalue weighted by molar-refractivity contribution is 0.415. The topological polar surface area (TPSA) is 84.7 Å². The van der Waals surface area contributed by atoms with Gasteiger partial charge in [0.05, 0.1) is 12.8 Å². The van der Waals surface area contributed by atoms with Gasteiger partial charge in [-0.2, -0.15) is 12.7 Å². The van der Waals surface area contributed by atoms with Crippen LogP contribution in [0.25, 0.3) is 0 Å². The molecule has 0 saturated carbocycles. The molecule has 0 aliphatic rings. The summed E-state index contributed by atoms with van der Waals surface area (Å²) in [7, 11) is -0.447. The van der Waals surface area contributed by atoms with Gasteiger partial charge in [-0.25, -0.2) is 0 Å². The Labute approximate surface area is 108 Å². The van der Waals surface area contributed by atoms with Crippen LogP contribution in [-0.2, 0) is 10.2 Å². The SMILES string of the molecule is COc1ccc(NS(=O)(=O)N(C)CCCN)cc1. The van der Waals surface area contributed by atoms with Crippen molar-refractivity contribution in [3.8, 4) is 5.75 Å². The molecule has 0 saturated heterocycles. The molecule has 7 heteroatoms. The molecule has 1 aromatic carbocycles. The first-order valence-electron chi connectivity index (χ1n) is 5.58. The summed E-state index contributed by atoms with van der Waals surface area (Å²) in [5, 5.41) is 0. The van der Waals surface area contributed by atoms with E-state index >= 15 is 0 Å². The lowest BCUT2D eigenvalue weighted by atomic mass is 10.3. The summed E-state index contributed by atoms with van der Waals surface area (Å²) in [6.07, 6.45) is 0.625.